The smallest absolute Gasteiger partial charge is 0.410 e. The third-order valence-electron chi connectivity index (χ3n) is 4.32. The van der Waals surface area contributed by atoms with E-state index in [2.05, 4.69) is 17.7 Å². The molecule has 1 aliphatic rings. The van der Waals surface area contributed by atoms with Crippen molar-refractivity contribution in [3.05, 3.63) is 0 Å². The second kappa shape index (κ2) is 11.4. The van der Waals surface area contributed by atoms with Gasteiger partial charge in [-0.3, -0.25) is 0 Å². The molecule has 0 aromatic heterocycles. The van der Waals surface area contributed by atoms with Crippen molar-refractivity contribution in [2.45, 2.75) is 59.0 Å². The molecule has 0 aromatic rings. The summed E-state index contributed by atoms with van der Waals surface area (Å²) in [6, 6.07) is 0. The first-order valence-electron chi connectivity index (χ1n) is 9.53. The topological polar surface area (TPSA) is 42.0 Å². The Morgan fingerprint density at radius 2 is 1.92 bits per heavy atom. The summed E-state index contributed by atoms with van der Waals surface area (Å²) in [4.78, 5) is 16.4. The minimum atomic E-state index is -0.492. The van der Waals surface area contributed by atoms with Crippen LogP contribution in [-0.4, -0.2) is 67.4 Å². The normalized spacial score (nSPS) is 16.4. The molecule has 1 heterocycles. The molecule has 1 aliphatic heterocycles. The van der Waals surface area contributed by atoms with Crippen LogP contribution >= 0.6 is 0 Å². The average molecular weight is 353 g/mol. The standard InChI is InChI=1S/C20H36N2O3/c1-6-7-11-22(19(23)25-20(3,4)5)12-8-16-24-17-15-21-13-9-18(2)10-14-21/h1,18H,7-17H2,2-5H3. The molecule has 5 nitrogen and oxygen atoms in total. The molecule has 1 fully saturated rings. The number of likely N-dealkylation sites (tertiary alicyclic amines) is 1. The number of hydrogen-bond donors (Lipinski definition) is 0. The summed E-state index contributed by atoms with van der Waals surface area (Å²) in [5, 5.41) is 0. The zero-order valence-corrected chi connectivity index (χ0v) is 16.6. The Morgan fingerprint density at radius 3 is 2.52 bits per heavy atom. The molecule has 0 spiro atoms. The van der Waals surface area contributed by atoms with Crippen LogP contribution in [0.2, 0.25) is 0 Å². The van der Waals surface area contributed by atoms with Gasteiger partial charge in [0.05, 0.1) is 6.61 Å². The van der Waals surface area contributed by atoms with Gasteiger partial charge in [-0.2, -0.15) is 0 Å². The molecular weight excluding hydrogens is 316 g/mol. The lowest BCUT2D eigenvalue weighted by Crippen LogP contribution is -2.38. The Kier molecular flexibility index (Phi) is 9.92. The minimum absolute atomic E-state index is 0.301. The van der Waals surface area contributed by atoms with Gasteiger partial charge >= 0.3 is 6.09 Å². The van der Waals surface area contributed by atoms with Crippen LogP contribution in [0.5, 0.6) is 0 Å². The van der Waals surface area contributed by atoms with Gasteiger partial charge in [-0.15, -0.1) is 12.3 Å². The van der Waals surface area contributed by atoms with Crippen molar-refractivity contribution < 1.29 is 14.3 Å². The molecule has 0 bridgehead atoms. The number of hydrogen-bond acceptors (Lipinski definition) is 4. The first-order chi connectivity index (χ1) is 11.8. The van der Waals surface area contributed by atoms with Gasteiger partial charge < -0.3 is 19.3 Å². The van der Waals surface area contributed by atoms with E-state index in [1.54, 1.807) is 4.90 Å². The predicted octanol–water partition coefficient (Wildman–Crippen LogP) is 3.39. The molecule has 25 heavy (non-hydrogen) atoms. The molecule has 1 rings (SSSR count). The lowest BCUT2D eigenvalue weighted by atomic mass is 9.99. The van der Waals surface area contributed by atoms with Gasteiger partial charge in [0.2, 0.25) is 0 Å². The predicted molar refractivity (Wildman–Crippen MR) is 102 cm³/mol. The molecule has 144 valence electrons. The largest absolute Gasteiger partial charge is 0.444 e. The van der Waals surface area contributed by atoms with Crippen molar-refractivity contribution in [2.75, 3.05) is 45.9 Å². The first kappa shape index (κ1) is 21.8. The molecule has 0 atom stereocenters. The van der Waals surface area contributed by atoms with Crippen molar-refractivity contribution in [3.63, 3.8) is 0 Å². The Hall–Kier alpha value is -1.25. The summed E-state index contributed by atoms with van der Waals surface area (Å²) >= 11 is 0. The van der Waals surface area contributed by atoms with Crippen LogP contribution in [0.1, 0.15) is 53.4 Å². The van der Waals surface area contributed by atoms with Gasteiger partial charge in [0.1, 0.15) is 5.60 Å². The molecule has 0 saturated carbocycles. The Balaban J connectivity index is 2.18. The van der Waals surface area contributed by atoms with Gasteiger partial charge in [0.25, 0.3) is 0 Å². The second-order valence-electron chi connectivity index (χ2n) is 7.91. The highest BCUT2D eigenvalue weighted by Gasteiger charge is 2.21. The maximum Gasteiger partial charge on any atom is 0.410 e. The third kappa shape index (κ3) is 10.4. The number of rotatable bonds is 9. The van der Waals surface area contributed by atoms with E-state index in [1.165, 1.54) is 25.9 Å². The number of piperidine rings is 1. The van der Waals surface area contributed by atoms with Gasteiger partial charge in [-0.25, -0.2) is 4.79 Å². The summed E-state index contributed by atoms with van der Waals surface area (Å²) in [6.07, 6.45) is 8.93. The van der Waals surface area contributed by atoms with Crippen molar-refractivity contribution in [2.24, 2.45) is 5.92 Å². The first-order valence-corrected chi connectivity index (χ1v) is 9.53. The summed E-state index contributed by atoms with van der Waals surface area (Å²) in [5.41, 5.74) is -0.492. The van der Waals surface area contributed by atoms with Crippen molar-refractivity contribution in [1.82, 2.24) is 9.80 Å². The van der Waals surface area contributed by atoms with Gasteiger partial charge in [0, 0.05) is 32.7 Å². The minimum Gasteiger partial charge on any atom is -0.444 e. The molecule has 5 heteroatoms. The van der Waals surface area contributed by atoms with E-state index in [0.717, 1.165) is 25.5 Å². The van der Waals surface area contributed by atoms with Crippen LogP contribution in [0.4, 0.5) is 4.79 Å². The van der Waals surface area contributed by atoms with Crippen LogP contribution < -0.4 is 0 Å². The van der Waals surface area contributed by atoms with E-state index in [4.69, 9.17) is 15.9 Å². The summed E-state index contributed by atoms with van der Waals surface area (Å²) in [6.45, 7) is 13.8. The van der Waals surface area contributed by atoms with Crippen molar-refractivity contribution >= 4 is 6.09 Å². The zero-order valence-electron chi connectivity index (χ0n) is 16.6. The molecular formula is C20H36N2O3. The number of carbonyl (C=O) groups excluding carboxylic acids is 1. The van der Waals surface area contributed by atoms with Crippen LogP contribution in [0.3, 0.4) is 0 Å². The fourth-order valence-electron chi connectivity index (χ4n) is 2.76. The second-order valence-corrected chi connectivity index (χ2v) is 7.91. The molecule has 0 aromatic carbocycles. The number of ether oxygens (including phenoxy) is 2. The van der Waals surface area contributed by atoms with Gasteiger partial charge in [-0.1, -0.05) is 6.92 Å². The average Bonchev–Trinajstić information content (AvgIpc) is 2.53. The van der Waals surface area contributed by atoms with Gasteiger partial charge in [0.15, 0.2) is 0 Å². The van der Waals surface area contributed by atoms with E-state index in [1.807, 2.05) is 20.8 Å². The quantitative estimate of drug-likeness (QED) is 0.471. The molecule has 1 saturated heterocycles. The summed E-state index contributed by atoms with van der Waals surface area (Å²) in [5.74, 6) is 3.44. The number of carbonyl (C=O) groups is 1. The monoisotopic (exact) mass is 352 g/mol. The Bertz CT molecular complexity index is 418. The highest BCUT2D eigenvalue weighted by Crippen LogP contribution is 2.15. The van der Waals surface area contributed by atoms with Gasteiger partial charge in [-0.05, 0) is 59.0 Å². The van der Waals surface area contributed by atoms with E-state index in [-0.39, 0.29) is 6.09 Å². The van der Waals surface area contributed by atoms with E-state index >= 15 is 0 Å². The maximum atomic E-state index is 12.2. The molecule has 0 N–H and O–H groups in total. The fraction of sp³-hybridized carbons (Fsp3) is 0.850. The van der Waals surface area contributed by atoms with E-state index in [0.29, 0.717) is 26.1 Å². The zero-order chi connectivity index (χ0) is 18.7. The number of nitrogens with zero attached hydrogens (tertiary/aromatic N) is 2. The highest BCUT2D eigenvalue weighted by atomic mass is 16.6. The summed E-state index contributed by atoms with van der Waals surface area (Å²) < 4.78 is 11.2. The lowest BCUT2D eigenvalue weighted by molar-refractivity contribution is 0.0227. The number of terminal acetylenes is 1. The summed E-state index contributed by atoms with van der Waals surface area (Å²) in [7, 11) is 0. The maximum absolute atomic E-state index is 12.2. The third-order valence-corrected chi connectivity index (χ3v) is 4.32. The Morgan fingerprint density at radius 1 is 1.24 bits per heavy atom. The van der Waals surface area contributed by atoms with Crippen LogP contribution in [0.25, 0.3) is 0 Å². The Labute approximate surface area is 154 Å². The fourth-order valence-corrected chi connectivity index (χ4v) is 2.76. The number of amides is 1. The SMILES string of the molecule is C#CCCN(CCCOCCN1CCC(C)CC1)C(=O)OC(C)(C)C. The van der Waals surface area contributed by atoms with E-state index < -0.39 is 5.60 Å². The van der Waals surface area contributed by atoms with E-state index in [9.17, 15) is 4.79 Å². The van der Waals surface area contributed by atoms with Crippen molar-refractivity contribution in [1.29, 1.82) is 0 Å². The molecule has 1 amide bonds. The molecule has 0 radical (unpaired) electrons. The molecule has 0 unspecified atom stereocenters. The van der Waals surface area contributed by atoms with Crippen LogP contribution in [-0.2, 0) is 9.47 Å². The van der Waals surface area contributed by atoms with Crippen molar-refractivity contribution in [3.8, 4) is 12.3 Å². The van der Waals surface area contributed by atoms with Crippen LogP contribution in [0.15, 0.2) is 0 Å². The highest BCUT2D eigenvalue weighted by molar-refractivity contribution is 5.68. The van der Waals surface area contributed by atoms with Crippen LogP contribution in [0, 0.1) is 18.3 Å². The molecule has 0 aliphatic carbocycles. The lowest BCUT2D eigenvalue weighted by Gasteiger charge is -2.30.